The first-order chi connectivity index (χ1) is 9.33. The van der Waals surface area contributed by atoms with Gasteiger partial charge in [-0.05, 0) is 43.4 Å². The van der Waals surface area contributed by atoms with Crippen LogP contribution in [0.3, 0.4) is 0 Å². The van der Waals surface area contributed by atoms with Crippen LogP contribution in [0.4, 0.5) is 5.69 Å². The number of rotatable bonds is 0. The van der Waals surface area contributed by atoms with Crippen molar-refractivity contribution in [1.82, 2.24) is 4.98 Å². The number of fused-ring (bicyclic) bond motifs is 2. The molecular weight excluding hydrogens is 240 g/mol. The predicted octanol–water partition coefficient (Wildman–Crippen LogP) is 2.44. The Morgan fingerprint density at radius 3 is 3.05 bits per heavy atom. The number of aromatic nitrogens is 1. The molecule has 4 heteroatoms. The molecule has 1 aromatic heterocycles. The number of amides is 1. The highest BCUT2D eigenvalue weighted by Gasteiger charge is 2.24. The van der Waals surface area contributed by atoms with Crippen LogP contribution < -0.4 is 10.1 Å². The SMILES string of the molecule is O=C1COc2cccc3nc4c(c(c23)N1)CCCC4. The van der Waals surface area contributed by atoms with E-state index in [0.717, 1.165) is 47.3 Å². The van der Waals surface area contributed by atoms with E-state index in [4.69, 9.17) is 9.72 Å². The molecule has 19 heavy (non-hydrogen) atoms. The van der Waals surface area contributed by atoms with Crippen LogP contribution in [0.25, 0.3) is 10.9 Å². The topological polar surface area (TPSA) is 51.2 Å². The Labute approximate surface area is 110 Å². The standard InChI is InChI=1S/C15H14N2O2/c18-13-8-19-12-7-3-6-11-14(12)15(17-13)9-4-1-2-5-10(9)16-11/h3,6-7H,1-2,4-5,8H2,(H,17,18). The fourth-order valence-corrected chi connectivity index (χ4v) is 3.02. The lowest BCUT2D eigenvalue weighted by molar-refractivity contribution is -0.117. The summed E-state index contributed by atoms with van der Waals surface area (Å²) in [5.74, 6) is 0.670. The number of hydrogen-bond acceptors (Lipinski definition) is 3. The van der Waals surface area contributed by atoms with Crippen molar-refractivity contribution >= 4 is 22.5 Å². The van der Waals surface area contributed by atoms with Crippen molar-refractivity contribution in [3.05, 3.63) is 29.5 Å². The molecule has 96 valence electrons. The van der Waals surface area contributed by atoms with Crippen LogP contribution in [-0.2, 0) is 17.6 Å². The van der Waals surface area contributed by atoms with Crippen molar-refractivity contribution in [2.45, 2.75) is 25.7 Å². The molecule has 2 aliphatic rings. The van der Waals surface area contributed by atoms with E-state index in [9.17, 15) is 4.79 Å². The number of anilines is 1. The van der Waals surface area contributed by atoms with E-state index >= 15 is 0 Å². The highest BCUT2D eigenvalue weighted by Crippen LogP contribution is 2.39. The lowest BCUT2D eigenvalue weighted by Gasteiger charge is -2.20. The van der Waals surface area contributed by atoms with Gasteiger partial charge in [0, 0.05) is 5.69 Å². The first-order valence-electron chi connectivity index (χ1n) is 6.70. The molecule has 0 spiro atoms. The number of carbonyl (C=O) groups is 1. The number of benzene rings is 1. The molecule has 1 aromatic carbocycles. The first-order valence-corrected chi connectivity index (χ1v) is 6.70. The van der Waals surface area contributed by atoms with Gasteiger partial charge in [0.25, 0.3) is 5.91 Å². The molecule has 0 saturated heterocycles. The van der Waals surface area contributed by atoms with Gasteiger partial charge in [0.15, 0.2) is 6.61 Å². The molecule has 2 aromatic rings. The molecule has 0 radical (unpaired) electrons. The van der Waals surface area contributed by atoms with Crippen molar-refractivity contribution in [2.24, 2.45) is 0 Å². The quantitative estimate of drug-likeness (QED) is 0.785. The molecule has 0 fully saturated rings. The van der Waals surface area contributed by atoms with Crippen molar-refractivity contribution in [3.8, 4) is 5.75 Å². The van der Waals surface area contributed by atoms with E-state index in [1.807, 2.05) is 18.2 Å². The Hall–Kier alpha value is -2.10. The van der Waals surface area contributed by atoms with Crippen LogP contribution in [-0.4, -0.2) is 17.5 Å². The molecule has 0 bridgehead atoms. The summed E-state index contributed by atoms with van der Waals surface area (Å²) in [7, 11) is 0. The summed E-state index contributed by atoms with van der Waals surface area (Å²) in [4.78, 5) is 16.6. The van der Waals surface area contributed by atoms with Gasteiger partial charge < -0.3 is 10.1 Å². The molecule has 1 aliphatic heterocycles. The highest BCUT2D eigenvalue weighted by atomic mass is 16.5. The molecule has 4 nitrogen and oxygen atoms in total. The van der Waals surface area contributed by atoms with Gasteiger partial charge in [-0.1, -0.05) is 6.07 Å². The van der Waals surface area contributed by atoms with E-state index in [1.54, 1.807) is 0 Å². The normalized spacial score (nSPS) is 17.4. The van der Waals surface area contributed by atoms with Crippen LogP contribution in [0, 0.1) is 0 Å². The number of nitrogens with one attached hydrogen (secondary N) is 1. The average molecular weight is 254 g/mol. The van der Waals surface area contributed by atoms with Gasteiger partial charge in [0.2, 0.25) is 0 Å². The molecule has 4 rings (SSSR count). The zero-order chi connectivity index (χ0) is 12.8. The second kappa shape index (κ2) is 3.95. The minimum atomic E-state index is -0.0866. The number of nitrogens with zero attached hydrogens (tertiary/aromatic N) is 1. The summed E-state index contributed by atoms with van der Waals surface area (Å²) in [6.45, 7) is 0.0720. The third-order valence-electron chi connectivity index (χ3n) is 3.87. The van der Waals surface area contributed by atoms with E-state index in [-0.39, 0.29) is 12.5 Å². The highest BCUT2D eigenvalue weighted by molar-refractivity contribution is 6.07. The second-order valence-corrected chi connectivity index (χ2v) is 5.11. The Morgan fingerprint density at radius 2 is 2.11 bits per heavy atom. The van der Waals surface area contributed by atoms with E-state index < -0.39 is 0 Å². The molecule has 0 atom stereocenters. The molecule has 1 amide bonds. The van der Waals surface area contributed by atoms with Gasteiger partial charge in [-0.25, -0.2) is 0 Å². The summed E-state index contributed by atoms with van der Waals surface area (Å²) in [5, 5.41) is 3.96. The molecule has 2 heterocycles. The number of aryl methyl sites for hydroxylation is 1. The smallest absolute Gasteiger partial charge is 0.262 e. The summed E-state index contributed by atoms with van der Waals surface area (Å²) < 4.78 is 5.57. The maximum Gasteiger partial charge on any atom is 0.262 e. The lowest BCUT2D eigenvalue weighted by atomic mass is 9.92. The predicted molar refractivity (Wildman–Crippen MR) is 72.5 cm³/mol. The summed E-state index contributed by atoms with van der Waals surface area (Å²) >= 11 is 0. The second-order valence-electron chi connectivity index (χ2n) is 5.11. The van der Waals surface area contributed by atoms with Gasteiger partial charge in [0.05, 0.1) is 16.6 Å². The molecule has 0 unspecified atom stereocenters. The van der Waals surface area contributed by atoms with E-state index in [2.05, 4.69) is 5.32 Å². The van der Waals surface area contributed by atoms with Crippen LogP contribution in [0.2, 0.25) is 0 Å². The molecule has 0 saturated carbocycles. The largest absolute Gasteiger partial charge is 0.483 e. The Kier molecular flexibility index (Phi) is 2.24. The lowest BCUT2D eigenvalue weighted by Crippen LogP contribution is -2.19. The minimum absolute atomic E-state index is 0.0720. The number of hydrogen-bond donors (Lipinski definition) is 1. The first kappa shape index (κ1) is 10.8. The summed E-state index contributed by atoms with van der Waals surface area (Å²) in [6.07, 6.45) is 4.32. The van der Waals surface area contributed by atoms with Crippen LogP contribution in [0.1, 0.15) is 24.1 Å². The summed E-state index contributed by atoms with van der Waals surface area (Å²) in [6, 6.07) is 5.82. The monoisotopic (exact) mass is 254 g/mol. The third kappa shape index (κ3) is 1.59. The summed E-state index contributed by atoms with van der Waals surface area (Å²) in [5.41, 5.74) is 4.17. The Balaban J connectivity index is 2.10. The number of ether oxygens (including phenoxy) is 1. The van der Waals surface area contributed by atoms with E-state index in [1.165, 1.54) is 12.0 Å². The Bertz CT molecular complexity index is 694. The van der Waals surface area contributed by atoms with Gasteiger partial charge in [-0.3, -0.25) is 9.78 Å². The minimum Gasteiger partial charge on any atom is -0.483 e. The van der Waals surface area contributed by atoms with Crippen molar-refractivity contribution in [2.75, 3.05) is 11.9 Å². The molecular formula is C15H14N2O2. The molecule has 1 N–H and O–H groups in total. The fraction of sp³-hybridized carbons (Fsp3) is 0.333. The van der Waals surface area contributed by atoms with E-state index in [0.29, 0.717) is 0 Å². The van der Waals surface area contributed by atoms with Crippen molar-refractivity contribution in [1.29, 1.82) is 0 Å². The fourth-order valence-electron chi connectivity index (χ4n) is 3.02. The zero-order valence-corrected chi connectivity index (χ0v) is 10.5. The van der Waals surface area contributed by atoms with Crippen molar-refractivity contribution < 1.29 is 9.53 Å². The number of carbonyl (C=O) groups excluding carboxylic acids is 1. The van der Waals surface area contributed by atoms with Gasteiger partial charge in [0.1, 0.15) is 5.75 Å². The van der Waals surface area contributed by atoms with Gasteiger partial charge >= 0.3 is 0 Å². The van der Waals surface area contributed by atoms with Crippen LogP contribution >= 0.6 is 0 Å². The van der Waals surface area contributed by atoms with Crippen LogP contribution in [0.5, 0.6) is 5.75 Å². The maximum atomic E-state index is 11.8. The third-order valence-corrected chi connectivity index (χ3v) is 3.87. The van der Waals surface area contributed by atoms with Gasteiger partial charge in [-0.2, -0.15) is 0 Å². The van der Waals surface area contributed by atoms with Crippen molar-refractivity contribution in [3.63, 3.8) is 0 Å². The zero-order valence-electron chi connectivity index (χ0n) is 10.5. The van der Waals surface area contributed by atoms with Gasteiger partial charge in [-0.15, -0.1) is 0 Å². The Morgan fingerprint density at radius 1 is 1.21 bits per heavy atom. The average Bonchev–Trinajstić information content (AvgIpc) is 2.60. The number of pyridine rings is 1. The molecule has 1 aliphatic carbocycles. The maximum absolute atomic E-state index is 11.8. The van der Waals surface area contributed by atoms with Crippen LogP contribution in [0.15, 0.2) is 18.2 Å².